The molecule has 0 saturated carbocycles. The number of nitrogens with zero attached hydrogens (tertiary/aromatic N) is 5. The highest BCUT2D eigenvalue weighted by Crippen LogP contribution is 2.48. The molecule has 0 radical (unpaired) electrons. The lowest BCUT2D eigenvalue weighted by Gasteiger charge is -2.21. The van der Waals surface area contributed by atoms with Gasteiger partial charge in [0.1, 0.15) is 0 Å². The average Bonchev–Trinajstić information content (AvgIpc) is 1.59. The maximum atomic E-state index is 15.1. The fourth-order valence-electron chi connectivity index (χ4n) is 13.2. The van der Waals surface area contributed by atoms with E-state index in [9.17, 15) is 31.6 Å². The van der Waals surface area contributed by atoms with Gasteiger partial charge in [-0.05, 0) is 193 Å². The van der Waals surface area contributed by atoms with E-state index < -0.39 is 35.2 Å². The van der Waals surface area contributed by atoms with Crippen LogP contribution in [0.25, 0.3) is 133 Å². The normalized spacial score (nSPS) is 12.2. The number of aromatic nitrogens is 4. The largest absolute Gasteiger partial charge is 0.417 e. The summed E-state index contributed by atoms with van der Waals surface area (Å²) < 4.78 is 134. The third kappa shape index (κ3) is 10.7. The van der Waals surface area contributed by atoms with Gasteiger partial charge in [-0.25, -0.2) is 9.97 Å². The van der Waals surface area contributed by atoms with E-state index in [2.05, 4.69) is 12.1 Å². The topological polar surface area (TPSA) is 59.4 Å². The van der Waals surface area contributed by atoms with Crippen molar-refractivity contribution >= 4 is 43.6 Å². The van der Waals surface area contributed by atoms with Crippen molar-refractivity contribution in [3.05, 3.63) is 275 Å². The van der Waals surface area contributed by atoms with E-state index in [1.165, 1.54) is 18.2 Å². The van der Waals surface area contributed by atoms with E-state index in [0.717, 1.165) is 63.7 Å². The molecule has 0 aliphatic rings. The summed E-state index contributed by atoms with van der Waals surface area (Å²) in [6, 6.07) is 67.1. The molecule has 0 fully saturated rings. The molecule has 0 N–H and O–H groups in total. The molecule has 0 amide bonds. The first-order valence-corrected chi connectivity index (χ1v) is 29.9. The van der Waals surface area contributed by atoms with Crippen LogP contribution in [-0.4, -0.2) is 19.1 Å². The van der Waals surface area contributed by atoms with Crippen LogP contribution in [-0.2, 0) is 18.5 Å². The monoisotopic (exact) mass is 1240 g/mol. The quantitative estimate of drug-likeness (QED) is 0.135. The fourth-order valence-corrected chi connectivity index (χ4v) is 13.2. The van der Waals surface area contributed by atoms with Crippen molar-refractivity contribution in [2.24, 2.45) is 0 Å². The number of alkyl halides is 9. The summed E-state index contributed by atoms with van der Waals surface area (Å²) in [7, 11) is 0. The first-order valence-electron chi connectivity index (χ1n) is 29.9. The molecule has 0 spiro atoms. The average molecular weight is 1240 g/mol. The number of halogens is 9. The molecule has 0 aliphatic heterocycles. The van der Waals surface area contributed by atoms with Gasteiger partial charge in [0.05, 0.1) is 78.7 Å². The molecule has 0 bridgehead atoms. The number of nitriles is 1. The maximum absolute atomic E-state index is 15.1. The predicted octanol–water partition coefficient (Wildman–Crippen LogP) is 22.8. The van der Waals surface area contributed by atoms with Crippen LogP contribution in [0.5, 0.6) is 0 Å². The molecule has 0 aliphatic carbocycles. The molecule has 3 aromatic heterocycles. The highest BCUT2D eigenvalue weighted by Gasteiger charge is 2.35. The van der Waals surface area contributed by atoms with Gasteiger partial charge in [0.25, 0.3) is 0 Å². The third-order valence-corrected chi connectivity index (χ3v) is 17.5. The molecule has 0 atom stereocenters. The second-order valence-electron chi connectivity index (χ2n) is 23.7. The molecule has 3 heterocycles. The Bertz CT molecular complexity index is 5240. The number of rotatable bonds is 9. The van der Waals surface area contributed by atoms with Gasteiger partial charge in [-0.2, -0.15) is 44.8 Å². The molecule has 456 valence electrons. The van der Waals surface area contributed by atoms with E-state index in [-0.39, 0.29) is 17.0 Å². The van der Waals surface area contributed by atoms with E-state index in [0.29, 0.717) is 116 Å². The van der Waals surface area contributed by atoms with Gasteiger partial charge >= 0.3 is 18.5 Å². The second-order valence-corrected chi connectivity index (χ2v) is 23.7. The molecule has 11 aromatic carbocycles. The lowest BCUT2D eigenvalue weighted by molar-refractivity contribution is -0.138. The SMILES string of the molecule is Cc1ccc(-c2ccc3c(c2)c2cc(-c4ccc(C)cc4C(F)(F)F)ccc2n3-c2cc(C#N)cc(-n3c4ccc(-c5ccc(C(F)(F)F)cc5C)cc4c4cc(-c5ccc(C(F)(F)F)cc5C)ccc43)c2-c2nc(-c3ccccc3)cc(-c3ccccc3)n2)c(C)c1. The molecule has 14 heteroatoms. The minimum absolute atomic E-state index is 0.00454. The van der Waals surface area contributed by atoms with Crippen molar-refractivity contribution < 1.29 is 39.5 Å². The number of benzene rings is 11. The van der Waals surface area contributed by atoms with Gasteiger partial charge in [0.2, 0.25) is 0 Å². The summed E-state index contributed by atoms with van der Waals surface area (Å²) in [5.74, 6) is 0.224. The summed E-state index contributed by atoms with van der Waals surface area (Å²) in [5.41, 5.74) is 11.7. The number of hydrogen-bond acceptors (Lipinski definition) is 3. The Morgan fingerprint density at radius 1 is 0.344 bits per heavy atom. The number of hydrogen-bond donors (Lipinski definition) is 0. The second kappa shape index (κ2) is 22.4. The Morgan fingerprint density at radius 3 is 1.08 bits per heavy atom. The molecule has 5 nitrogen and oxygen atoms in total. The van der Waals surface area contributed by atoms with Gasteiger partial charge in [-0.1, -0.05) is 139 Å². The van der Waals surface area contributed by atoms with E-state index in [1.807, 2.05) is 156 Å². The van der Waals surface area contributed by atoms with Crippen LogP contribution in [0.2, 0.25) is 0 Å². The Morgan fingerprint density at radius 2 is 0.710 bits per heavy atom. The summed E-state index contributed by atoms with van der Waals surface area (Å²) in [6.07, 6.45) is -13.9. The van der Waals surface area contributed by atoms with E-state index in [1.54, 1.807) is 57.2 Å². The van der Waals surface area contributed by atoms with Crippen molar-refractivity contribution in [3.8, 4) is 95.9 Å². The van der Waals surface area contributed by atoms with Crippen LogP contribution in [0.4, 0.5) is 39.5 Å². The minimum atomic E-state index is -4.69. The highest BCUT2D eigenvalue weighted by atomic mass is 19.4. The molecule has 14 rings (SSSR count). The number of fused-ring (bicyclic) bond motifs is 6. The maximum Gasteiger partial charge on any atom is 0.417 e. The standard InChI is InChI=1S/C79H52F9N5/c1-44-16-24-58(46(3)32-44)52-18-28-71-64(38-52)65-41-55(61-25-17-45(2)33-66(61)79(86,87)88)21-31-72(65)93(71)74-37-49(43-89)36-73(75(74)76-90-67(50-12-8-6-9-13-50)42-68(91-76)51-14-10-7-11-15-51)92-69-29-19-53(59-26-22-56(34-47(59)4)77(80,81)82)39-62(69)63-40-54(20-30-70(63)92)60-27-23-57(35-48(60)5)78(83,84)85/h6-42H,1-5H3. The van der Waals surface area contributed by atoms with Gasteiger partial charge < -0.3 is 9.13 Å². The van der Waals surface area contributed by atoms with Crippen molar-refractivity contribution in [3.63, 3.8) is 0 Å². The molecule has 0 saturated heterocycles. The van der Waals surface area contributed by atoms with Crippen molar-refractivity contribution in [2.75, 3.05) is 0 Å². The van der Waals surface area contributed by atoms with Crippen LogP contribution < -0.4 is 0 Å². The van der Waals surface area contributed by atoms with Crippen LogP contribution in [0, 0.1) is 45.9 Å². The summed E-state index contributed by atoms with van der Waals surface area (Å²) >= 11 is 0. The molecule has 0 unspecified atom stereocenters. The van der Waals surface area contributed by atoms with Crippen LogP contribution in [0.1, 0.15) is 50.1 Å². The van der Waals surface area contributed by atoms with E-state index in [4.69, 9.17) is 9.97 Å². The van der Waals surface area contributed by atoms with Crippen LogP contribution in [0.3, 0.4) is 0 Å². The fraction of sp³-hybridized carbons (Fsp3) is 0.101. The van der Waals surface area contributed by atoms with Crippen molar-refractivity contribution in [1.29, 1.82) is 5.26 Å². The third-order valence-electron chi connectivity index (χ3n) is 17.5. The van der Waals surface area contributed by atoms with Crippen LogP contribution >= 0.6 is 0 Å². The van der Waals surface area contributed by atoms with Crippen LogP contribution in [0.15, 0.2) is 224 Å². The first kappa shape index (κ1) is 59.6. The molecule has 14 aromatic rings. The molecular weight excluding hydrogens is 1190 g/mol. The van der Waals surface area contributed by atoms with Gasteiger partial charge in [-0.15, -0.1) is 0 Å². The predicted molar refractivity (Wildman–Crippen MR) is 352 cm³/mol. The van der Waals surface area contributed by atoms with Gasteiger partial charge in [0.15, 0.2) is 5.82 Å². The Balaban J connectivity index is 1.13. The lowest BCUT2D eigenvalue weighted by atomic mass is 9.95. The zero-order valence-electron chi connectivity index (χ0n) is 50.5. The molecular formula is C79H52F9N5. The lowest BCUT2D eigenvalue weighted by Crippen LogP contribution is -2.08. The minimum Gasteiger partial charge on any atom is -0.308 e. The summed E-state index contributed by atoms with van der Waals surface area (Å²) in [4.78, 5) is 10.9. The summed E-state index contributed by atoms with van der Waals surface area (Å²) in [5, 5.41) is 14.0. The zero-order chi connectivity index (χ0) is 65.0. The van der Waals surface area contributed by atoms with E-state index >= 15 is 13.2 Å². The Kier molecular flexibility index (Phi) is 14.4. The Hall–Kier alpha value is -11.0. The number of aryl methyl sites for hydroxylation is 5. The highest BCUT2D eigenvalue weighted by molar-refractivity contribution is 6.14. The van der Waals surface area contributed by atoms with Gasteiger partial charge in [0, 0.05) is 32.7 Å². The zero-order valence-corrected chi connectivity index (χ0v) is 50.5. The first-order chi connectivity index (χ1) is 44.5. The van der Waals surface area contributed by atoms with Gasteiger partial charge in [-0.3, -0.25) is 0 Å². The smallest absolute Gasteiger partial charge is 0.308 e. The van der Waals surface area contributed by atoms with Crippen molar-refractivity contribution in [1.82, 2.24) is 19.1 Å². The molecule has 93 heavy (non-hydrogen) atoms. The summed E-state index contributed by atoms with van der Waals surface area (Å²) in [6.45, 7) is 8.89. The van der Waals surface area contributed by atoms with Crippen molar-refractivity contribution in [2.45, 2.75) is 53.1 Å². The Labute approximate surface area is 528 Å².